The molecule has 0 saturated heterocycles. The average Bonchev–Trinajstić information content (AvgIpc) is 2.78. The van der Waals surface area contributed by atoms with Crippen LogP contribution in [0.15, 0.2) is 12.4 Å². The molecule has 1 N–H and O–H groups in total. The second-order valence-electron chi connectivity index (χ2n) is 4.37. The molecule has 0 spiro atoms. The standard InChI is InChI=1S/C13H25N3O/c1-4-13(5-2)15(7-8-17)10-12-9-14-16(6-3)11-12/h9,11,13,17H,4-8,10H2,1-3H3. The molecule has 0 atom stereocenters. The van der Waals surface area contributed by atoms with E-state index in [0.29, 0.717) is 6.04 Å². The molecule has 98 valence electrons. The first kappa shape index (κ1) is 14.2. The lowest BCUT2D eigenvalue weighted by Crippen LogP contribution is -2.36. The number of hydrogen-bond donors (Lipinski definition) is 1. The van der Waals surface area contributed by atoms with E-state index < -0.39 is 0 Å². The van der Waals surface area contributed by atoms with Crippen LogP contribution in [-0.4, -0.2) is 39.0 Å². The summed E-state index contributed by atoms with van der Waals surface area (Å²) in [4.78, 5) is 2.34. The van der Waals surface area contributed by atoms with E-state index in [0.717, 1.165) is 32.5 Å². The van der Waals surface area contributed by atoms with Gasteiger partial charge in [0, 0.05) is 37.4 Å². The van der Waals surface area contributed by atoms with Crippen molar-refractivity contribution in [2.75, 3.05) is 13.2 Å². The van der Waals surface area contributed by atoms with Gasteiger partial charge >= 0.3 is 0 Å². The predicted octanol–water partition coefficient (Wildman–Crippen LogP) is 1.89. The molecule has 0 amide bonds. The summed E-state index contributed by atoms with van der Waals surface area (Å²) in [6.45, 7) is 9.24. The number of aryl methyl sites for hydroxylation is 1. The zero-order chi connectivity index (χ0) is 12.7. The molecule has 0 bridgehead atoms. The summed E-state index contributed by atoms with van der Waals surface area (Å²) in [7, 11) is 0. The maximum absolute atomic E-state index is 9.14. The van der Waals surface area contributed by atoms with Crippen LogP contribution in [0, 0.1) is 0 Å². The third kappa shape index (κ3) is 4.13. The molecule has 4 heteroatoms. The van der Waals surface area contributed by atoms with Crippen molar-refractivity contribution in [3.05, 3.63) is 18.0 Å². The fourth-order valence-corrected chi connectivity index (χ4v) is 2.22. The Morgan fingerprint density at radius 1 is 1.35 bits per heavy atom. The van der Waals surface area contributed by atoms with E-state index >= 15 is 0 Å². The van der Waals surface area contributed by atoms with E-state index in [2.05, 4.69) is 37.0 Å². The molecule has 1 aromatic rings. The first-order valence-electron chi connectivity index (χ1n) is 6.61. The first-order valence-corrected chi connectivity index (χ1v) is 6.61. The molecule has 0 unspecified atom stereocenters. The quantitative estimate of drug-likeness (QED) is 0.753. The molecule has 1 heterocycles. The van der Waals surface area contributed by atoms with E-state index in [4.69, 9.17) is 5.11 Å². The van der Waals surface area contributed by atoms with Gasteiger partial charge in [0.2, 0.25) is 0 Å². The van der Waals surface area contributed by atoms with Gasteiger partial charge in [-0.25, -0.2) is 0 Å². The second-order valence-corrected chi connectivity index (χ2v) is 4.37. The van der Waals surface area contributed by atoms with E-state index in [9.17, 15) is 0 Å². The van der Waals surface area contributed by atoms with Crippen LogP contribution in [0.5, 0.6) is 0 Å². The molecule has 0 radical (unpaired) electrons. The van der Waals surface area contributed by atoms with Gasteiger partial charge in [-0.1, -0.05) is 13.8 Å². The zero-order valence-electron chi connectivity index (χ0n) is 11.3. The van der Waals surface area contributed by atoms with Gasteiger partial charge in [-0.05, 0) is 19.8 Å². The van der Waals surface area contributed by atoms with Crippen molar-refractivity contribution in [3.8, 4) is 0 Å². The normalized spacial score (nSPS) is 11.6. The van der Waals surface area contributed by atoms with Crippen molar-refractivity contribution < 1.29 is 5.11 Å². The van der Waals surface area contributed by atoms with Gasteiger partial charge in [-0.15, -0.1) is 0 Å². The number of rotatable bonds is 8. The Bertz CT molecular complexity index is 307. The minimum absolute atomic E-state index is 0.221. The van der Waals surface area contributed by atoms with Gasteiger partial charge in [0.1, 0.15) is 0 Å². The van der Waals surface area contributed by atoms with Gasteiger partial charge in [0.05, 0.1) is 12.8 Å². The molecule has 0 fully saturated rings. The van der Waals surface area contributed by atoms with Gasteiger partial charge in [0.15, 0.2) is 0 Å². The minimum atomic E-state index is 0.221. The molecule has 1 rings (SSSR count). The van der Waals surface area contributed by atoms with Crippen molar-refractivity contribution in [1.29, 1.82) is 0 Å². The van der Waals surface area contributed by atoms with Crippen molar-refractivity contribution in [3.63, 3.8) is 0 Å². The van der Waals surface area contributed by atoms with Crippen molar-refractivity contribution >= 4 is 0 Å². The summed E-state index contributed by atoms with van der Waals surface area (Å²) in [5.41, 5.74) is 1.23. The van der Waals surface area contributed by atoms with E-state index in [-0.39, 0.29) is 6.61 Å². The number of nitrogens with zero attached hydrogens (tertiary/aromatic N) is 3. The third-order valence-corrected chi connectivity index (χ3v) is 3.24. The number of hydrogen-bond acceptors (Lipinski definition) is 3. The Hall–Kier alpha value is -0.870. The highest BCUT2D eigenvalue weighted by molar-refractivity contribution is 5.04. The summed E-state index contributed by atoms with van der Waals surface area (Å²) < 4.78 is 1.94. The maximum Gasteiger partial charge on any atom is 0.0558 e. The molecule has 17 heavy (non-hydrogen) atoms. The summed E-state index contributed by atoms with van der Waals surface area (Å²) >= 11 is 0. The SMILES string of the molecule is CCC(CC)N(CCO)Cc1cnn(CC)c1. The van der Waals surface area contributed by atoms with Gasteiger partial charge in [-0.3, -0.25) is 9.58 Å². The fraction of sp³-hybridized carbons (Fsp3) is 0.769. The Balaban J connectivity index is 2.64. The molecule has 0 aromatic carbocycles. The van der Waals surface area contributed by atoms with Gasteiger partial charge < -0.3 is 5.11 Å². The molecule has 0 saturated carbocycles. The number of aliphatic hydroxyl groups is 1. The van der Waals surface area contributed by atoms with E-state index in [1.165, 1.54) is 5.56 Å². The highest BCUT2D eigenvalue weighted by Crippen LogP contribution is 2.12. The van der Waals surface area contributed by atoms with Gasteiger partial charge in [0.25, 0.3) is 0 Å². The first-order chi connectivity index (χ1) is 8.24. The van der Waals surface area contributed by atoms with Crippen LogP contribution in [0.1, 0.15) is 39.2 Å². The monoisotopic (exact) mass is 239 g/mol. The lowest BCUT2D eigenvalue weighted by Gasteiger charge is -2.29. The topological polar surface area (TPSA) is 41.3 Å². The van der Waals surface area contributed by atoms with Crippen molar-refractivity contribution in [2.24, 2.45) is 0 Å². The Morgan fingerprint density at radius 2 is 2.06 bits per heavy atom. The number of aromatic nitrogens is 2. The van der Waals surface area contributed by atoms with Crippen molar-refractivity contribution in [2.45, 2.75) is 52.7 Å². The highest BCUT2D eigenvalue weighted by Gasteiger charge is 2.15. The molecule has 4 nitrogen and oxygen atoms in total. The maximum atomic E-state index is 9.14. The lowest BCUT2D eigenvalue weighted by atomic mass is 10.1. The van der Waals surface area contributed by atoms with Crippen LogP contribution >= 0.6 is 0 Å². The van der Waals surface area contributed by atoms with Crippen LogP contribution < -0.4 is 0 Å². The average molecular weight is 239 g/mol. The zero-order valence-corrected chi connectivity index (χ0v) is 11.3. The molecule has 0 aliphatic carbocycles. The minimum Gasteiger partial charge on any atom is -0.395 e. The van der Waals surface area contributed by atoms with E-state index in [1.807, 2.05) is 10.9 Å². The van der Waals surface area contributed by atoms with Crippen molar-refractivity contribution in [1.82, 2.24) is 14.7 Å². The molecule has 1 aromatic heterocycles. The second kappa shape index (κ2) is 7.45. The Labute approximate surface area is 104 Å². The van der Waals surface area contributed by atoms with E-state index in [1.54, 1.807) is 0 Å². The largest absolute Gasteiger partial charge is 0.395 e. The summed E-state index contributed by atoms with van der Waals surface area (Å²) in [5.74, 6) is 0. The smallest absolute Gasteiger partial charge is 0.0558 e. The summed E-state index contributed by atoms with van der Waals surface area (Å²) in [6, 6.07) is 0.548. The van der Waals surface area contributed by atoms with Crippen LogP contribution in [0.25, 0.3) is 0 Å². The van der Waals surface area contributed by atoms with Crippen LogP contribution in [0.2, 0.25) is 0 Å². The highest BCUT2D eigenvalue weighted by atomic mass is 16.3. The van der Waals surface area contributed by atoms with Gasteiger partial charge in [-0.2, -0.15) is 5.10 Å². The summed E-state index contributed by atoms with van der Waals surface area (Å²) in [6.07, 6.45) is 6.26. The Morgan fingerprint density at radius 3 is 2.53 bits per heavy atom. The molecule has 0 aliphatic heterocycles. The molecule has 0 aliphatic rings. The lowest BCUT2D eigenvalue weighted by molar-refractivity contribution is 0.136. The predicted molar refractivity (Wildman–Crippen MR) is 69.8 cm³/mol. The molecular weight excluding hydrogens is 214 g/mol. The van der Waals surface area contributed by atoms with Crippen LogP contribution in [-0.2, 0) is 13.1 Å². The van der Waals surface area contributed by atoms with Crippen LogP contribution in [0.4, 0.5) is 0 Å². The van der Waals surface area contributed by atoms with Crippen LogP contribution in [0.3, 0.4) is 0 Å². The number of aliphatic hydroxyl groups excluding tert-OH is 1. The summed E-state index contributed by atoms with van der Waals surface area (Å²) in [5, 5.41) is 13.4. The fourth-order valence-electron chi connectivity index (χ4n) is 2.22. The Kier molecular flexibility index (Phi) is 6.22. The molecular formula is C13H25N3O. The third-order valence-electron chi connectivity index (χ3n) is 3.24.